The summed E-state index contributed by atoms with van der Waals surface area (Å²) in [4.78, 5) is 11.4. The number of likely N-dealkylation sites (tertiary alicyclic amines) is 1. The van der Waals surface area contributed by atoms with E-state index in [1.807, 2.05) is 4.57 Å². The van der Waals surface area contributed by atoms with Crippen LogP contribution in [0.25, 0.3) is 11.0 Å². The number of anilines is 1. The molecule has 1 aliphatic rings. The van der Waals surface area contributed by atoms with Gasteiger partial charge in [0.05, 0.1) is 11.9 Å². The van der Waals surface area contributed by atoms with Crippen molar-refractivity contribution in [2.45, 2.75) is 58.2 Å². The third-order valence-electron chi connectivity index (χ3n) is 6.18. The van der Waals surface area contributed by atoms with Gasteiger partial charge in [-0.1, -0.05) is 37.6 Å². The Kier molecular flexibility index (Phi) is 7.43. The number of aromatic nitrogens is 3. The van der Waals surface area contributed by atoms with Crippen molar-refractivity contribution in [3.05, 3.63) is 47.2 Å². The Labute approximate surface area is 194 Å². The van der Waals surface area contributed by atoms with Gasteiger partial charge in [0.25, 0.3) is 0 Å². The van der Waals surface area contributed by atoms with Crippen LogP contribution in [-0.4, -0.2) is 50.3 Å². The van der Waals surface area contributed by atoms with Crippen molar-refractivity contribution in [3.63, 3.8) is 0 Å². The number of nitrogens with two attached hydrogens (primary N) is 1. The van der Waals surface area contributed by atoms with Gasteiger partial charge < -0.3 is 20.1 Å². The zero-order valence-corrected chi connectivity index (χ0v) is 19.2. The third-order valence-corrected chi connectivity index (χ3v) is 6.18. The van der Waals surface area contributed by atoms with Gasteiger partial charge >= 0.3 is 6.01 Å². The summed E-state index contributed by atoms with van der Waals surface area (Å²) >= 11 is 0. The number of fused-ring (bicyclic) bond motifs is 1. The number of nitrogen functional groups attached to an aromatic ring is 1. The third kappa shape index (κ3) is 5.44. The van der Waals surface area contributed by atoms with Crippen molar-refractivity contribution in [2.24, 2.45) is 0 Å². The zero-order chi connectivity index (χ0) is 23.2. The Morgan fingerprint density at radius 1 is 1.12 bits per heavy atom. The second-order valence-electron chi connectivity index (χ2n) is 8.70. The van der Waals surface area contributed by atoms with Crippen LogP contribution in [0, 0.1) is 11.3 Å². The molecule has 3 N–H and O–H groups in total. The van der Waals surface area contributed by atoms with Crippen LogP contribution in [0.2, 0.25) is 0 Å². The lowest BCUT2D eigenvalue weighted by molar-refractivity contribution is 0.135. The summed E-state index contributed by atoms with van der Waals surface area (Å²) in [5.74, 6) is 0.283. The lowest BCUT2D eigenvalue weighted by Crippen LogP contribution is -2.19. The fraction of sp³-hybridized carbons (Fsp3) is 0.480. The summed E-state index contributed by atoms with van der Waals surface area (Å²) in [6.07, 6.45) is 4.60. The highest BCUT2D eigenvalue weighted by molar-refractivity contribution is 5.88. The van der Waals surface area contributed by atoms with E-state index in [0.717, 1.165) is 24.9 Å². The highest BCUT2D eigenvalue weighted by Gasteiger charge is 2.18. The first-order chi connectivity index (χ1) is 16.1. The number of hydrogen-bond donors (Lipinski definition) is 2. The van der Waals surface area contributed by atoms with Gasteiger partial charge in [0.15, 0.2) is 5.65 Å². The number of ether oxygens (including phenoxy) is 1. The maximum absolute atomic E-state index is 9.72. The van der Waals surface area contributed by atoms with Crippen LogP contribution in [-0.2, 0) is 13.1 Å². The van der Waals surface area contributed by atoms with E-state index < -0.39 is 0 Å². The predicted octanol–water partition coefficient (Wildman–Crippen LogP) is 3.46. The van der Waals surface area contributed by atoms with E-state index in [4.69, 9.17) is 10.5 Å². The van der Waals surface area contributed by atoms with Crippen molar-refractivity contribution < 1.29 is 9.84 Å². The van der Waals surface area contributed by atoms with Gasteiger partial charge in [-0.15, -0.1) is 0 Å². The van der Waals surface area contributed by atoms with Gasteiger partial charge in [-0.05, 0) is 49.5 Å². The number of nitriles is 1. The summed E-state index contributed by atoms with van der Waals surface area (Å²) < 4.78 is 7.81. The van der Waals surface area contributed by atoms with E-state index in [-0.39, 0.29) is 24.5 Å². The van der Waals surface area contributed by atoms with E-state index in [0.29, 0.717) is 29.7 Å². The van der Waals surface area contributed by atoms with Gasteiger partial charge in [-0.2, -0.15) is 15.2 Å². The lowest BCUT2D eigenvalue weighted by atomic mass is 10.1. The van der Waals surface area contributed by atoms with Crippen molar-refractivity contribution in [3.8, 4) is 12.1 Å². The maximum atomic E-state index is 9.72. The standard InChI is InChI=1S/C25H32N6O2/c1-2-5-21(10-13-32)33-25-28-23(27)22-14-20(15-26)31(24(22)29-25)17-19-8-6-18(7-9-19)16-30-11-3-4-12-30/h6-9,14,21,32H,2-5,10-13,16-17H2,1H3,(H2,27,28,29). The SMILES string of the molecule is CCCC(CCO)Oc1nc(N)c2cc(C#N)n(Cc3ccc(CN4CCCC4)cc3)c2n1. The molecular formula is C25H32N6O2. The average molecular weight is 449 g/mol. The fourth-order valence-electron chi connectivity index (χ4n) is 4.44. The molecule has 0 saturated carbocycles. The molecule has 0 amide bonds. The summed E-state index contributed by atoms with van der Waals surface area (Å²) in [7, 11) is 0. The van der Waals surface area contributed by atoms with Crippen molar-refractivity contribution in [1.82, 2.24) is 19.4 Å². The highest BCUT2D eigenvalue weighted by atomic mass is 16.5. The van der Waals surface area contributed by atoms with Crippen LogP contribution in [0.4, 0.5) is 5.82 Å². The molecule has 33 heavy (non-hydrogen) atoms. The minimum absolute atomic E-state index is 0.0328. The minimum Gasteiger partial charge on any atom is -0.460 e. The predicted molar refractivity (Wildman–Crippen MR) is 128 cm³/mol. The molecule has 1 saturated heterocycles. The summed E-state index contributed by atoms with van der Waals surface area (Å²) in [6.45, 7) is 5.92. The van der Waals surface area contributed by atoms with E-state index >= 15 is 0 Å². The molecular weight excluding hydrogens is 416 g/mol. The van der Waals surface area contributed by atoms with E-state index in [1.165, 1.54) is 31.5 Å². The van der Waals surface area contributed by atoms with Crippen molar-refractivity contribution >= 4 is 16.9 Å². The largest absolute Gasteiger partial charge is 0.460 e. The van der Waals surface area contributed by atoms with Crippen LogP contribution >= 0.6 is 0 Å². The Balaban J connectivity index is 1.59. The number of aliphatic hydroxyl groups is 1. The molecule has 8 nitrogen and oxygen atoms in total. The number of hydrogen-bond acceptors (Lipinski definition) is 7. The highest BCUT2D eigenvalue weighted by Crippen LogP contribution is 2.26. The van der Waals surface area contributed by atoms with Crippen molar-refractivity contribution in [1.29, 1.82) is 5.26 Å². The minimum atomic E-state index is -0.182. The van der Waals surface area contributed by atoms with Crippen molar-refractivity contribution in [2.75, 3.05) is 25.4 Å². The maximum Gasteiger partial charge on any atom is 0.320 e. The zero-order valence-electron chi connectivity index (χ0n) is 19.2. The Bertz CT molecular complexity index is 1110. The normalized spacial score (nSPS) is 15.1. The molecule has 1 atom stereocenters. The molecule has 3 heterocycles. The fourth-order valence-corrected chi connectivity index (χ4v) is 4.44. The van der Waals surface area contributed by atoms with E-state index in [2.05, 4.69) is 52.1 Å². The Hall–Kier alpha value is -3.15. The van der Waals surface area contributed by atoms with Gasteiger partial charge in [-0.3, -0.25) is 4.90 Å². The smallest absolute Gasteiger partial charge is 0.320 e. The molecule has 0 aliphatic carbocycles. The number of aliphatic hydroxyl groups excluding tert-OH is 1. The quantitative estimate of drug-likeness (QED) is 0.488. The second-order valence-corrected chi connectivity index (χ2v) is 8.70. The first-order valence-corrected chi connectivity index (χ1v) is 11.8. The summed E-state index contributed by atoms with van der Waals surface area (Å²) in [6, 6.07) is 12.7. The molecule has 1 aromatic carbocycles. The Morgan fingerprint density at radius 3 is 2.45 bits per heavy atom. The average Bonchev–Trinajstić information content (AvgIpc) is 3.44. The van der Waals surface area contributed by atoms with Gasteiger partial charge in [0, 0.05) is 19.6 Å². The topological polar surface area (TPSA) is 113 Å². The van der Waals surface area contributed by atoms with Crippen LogP contribution in [0.1, 0.15) is 55.8 Å². The molecule has 0 spiro atoms. The van der Waals surface area contributed by atoms with E-state index in [9.17, 15) is 10.4 Å². The Morgan fingerprint density at radius 2 is 1.82 bits per heavy atom. The van der Waals surface area contributed by atoms with Crippen LogP contribution < -0.4 is 10.5 Å². The van der Waals surface area contributed by atoms with Gasteiger partial charge in [-0.25, -0.2) is 0 Å². The van der Waals surface area contributed by atoms with Gasteiger partial charge in [0.1, 0.15) is 23.7 Å². The van der Waals surface area contributed by atoms with E-state index in [1.54, 1.807) is 6.07 Å². The number of nitrogens with zero attached hydrogens (tertiary/aromatic N) is 5. The molecule has 0 radical (unpaired) electrons. The first kappa shape index (κ1) is 23.0. The van der Waals surface area contributed by atoms with Crippen LogP contribution in [0.5, 0.6) is 6.01 Å². The molecule has 4 rings (SSSR count). The molecule has 3 aromatic rings. The molecule has 174 valence electrons. The monoisotopic (exact) mass is 448 g/mol. The summed E-state index contributed by atoms with van der Waals surface area (Å²) in [5, 5.41) is 19.7. The van der Waals surface area contributed by atoms with Crippen LogP contribution in [0.3, 0.4) is 0 Å². The molecule has 1 fully saturated rings. The second kappa shape index (κ2) is 10.6. The number of rotatable bonds is 10. The summed E-state index contributed by atoms with van der Waals surface area (Å²) in [5.41, 5.74) is 9.63. The first-order valence-electron chi connectivity index (χ1n) is 11.8. The molecule has 1 unspecified atom stereocenters. The molecule has 1 aliphatic heterocycles. The lowest BCUT2D eigenvalue weighted by Gasteiger charge is -2.17. The molecule has 8 heteroatoms. The number of benzene rings is 1. The van der Waals surface area contributed by atoms with Crippen LogP contribution in [0.15, 0.2) is 30.3 Å². The van der Waals surface area contributed by atoms with Gasteiger partial charge in [0.2, 0.25) is 0 Å². The molecule has 0 bridgehead atoms. The molecule has 2 aromatic heterocycles.